The molecule has 0 amide bonds. The van der Waals surface area contributed by atoms with Crippen molar-refractivity contribution in [3.05, 3.63) is 0 Å². The Kier molecular flexibility index (Phi) is 12.4. The van der Waals surface area contributed by atoms with Crippen LogP contribution in [0.15, 0.2) is 0 Å². The largest absolute Gasteiger partial charge is 0.198 e. The molecule has 2 aliphatic carbocycles. The van der Waals surface area contributed by atoms with Gasteiger partial charge in [-0.15, -0.1) is 0 Å². The fraction of sp³-hybridized carbons (Fsp3) is 0.964. The fourth-order valence-electron chi connectivity index (χ4n) is 6.31. The Morgan fingerprint density at radius 3 is 1.76 bits per heavy atom. The van der Waals surface area contributed by atoms with E-state index in [1.807, 2.05) is 0 Å². The number of nitrogens with zero attached hydrogens (tertiary/aromatic N) is 1. The van der Waals surface area contributed by atoms with E-state index in [1.165, 1.54) is 135 Å². The van der Waals surface area contributed by atoms with Gasteiger partial charge in [-0.25, -0.2) is 0 Å². The van der Waals surface area contributed by atoms with Gasteiger partial charge in [0.15, 0.2) is 0 Å². The van der Waals surface area contributed by atoms with Gasteiger partial charge in [0.1, 0.15) is 0 Å². The van der Waals surface area contributed by atoms with Gasteiger partial charge in [-0.2, -0.15) is 5.26 Å². The summed E-state index contributed by atoms with van der Waals surface area (Å²) in [5, 5.41) is 9.92. The second kappa shape index (κ2) is 14.5. The molecule has 0 heterocycles. The molecule has 168 valence electrons. The molecular weight excluding hydrogens is 350 g/mol. The number of hydrogen-bond acceptors (Lipinski definition) is 1. The third-order valence-corrected chi connectivity index (χ3v) is 8.51. The third-order valence-electron chi connectivity index (χ3n) is 8.51. The molecule has 2 saturated carbocycles. The van der Waals surface area contributed by atoms with Gasteiger partial charge in [0, 0.05) is 0 Å². The Hall–Kier alpha value is -0.510. The molecule has 0 aliphatic heterocycles. The normalized spacial score (nSPS) is 30.2. The predicted molar refractivity (Wildman–Crippen MR) is 127 cm³/mol. The van der Waals surface area contributed by atoms with E-state index in [2.05, 4.69) is 19.9 Å². The number of rotatable bonds is 14. The van der Waals surface area contributed by atoms with Crippen LogP contribution < -0.4 is 0 Å². The second-order valence-corrected chi connectivity index (χ2v) is 10.7. The van der Waals surface area contributed by atoms with E-state index in [4.69, 9.17) is 0 Å². The molecule has 0 saturated heterocycles. The average Bonchev–Trinajstić information content (AvgIpc) is 2.77. The van der Waals surface area contributed by atoms with Gasteiger partial charge in [-0.05, 0) is 62.7 Å². The average molecular weight is 402 g/mol. The van der Waals surface area contributed by atoms with Gasteiger partial charge in [-0.3, -0.25) is 0 Å². The summed E-state index contributed by atoms with van der Waals surface area (Å²) < 4.78 is 0. The van der Waals surface area contributed by atoms with Crippen LogP contribution in [-0.4, -0.2) is 0 Å². The molecule has 2 rings (SSSR count). The summed E-state index contributed by atoms with van der Waals surface area (Å²) in [5.41, 5.74) is 0.0381. The molecule has 0 bridgehead atoms. The summed E-state index contributed by atoms with van der Waals surface area (Å²) in [7, 11) is 0. The lowest BCUT2D eigenvalue weighted by molar-refractivity contribution is 0.114. The topological polar surface area (TPSA) is 23.8 Å². The third kappa shape index (κ3) is 9.02. The van der Waals surface area contributed by atoms with Crippen LogP contribution in [0, 0.1) is 34.5 Å². The van der Waals surface area contributed by atoms with Crippen LogP contribution in [0.25, 0.3) is 0 Å². The lowest BCUT2D eigenvalue weighted by Gasteiger charge is -2.41. The number of hydrogen-bond donors (Lipinski definition) is 0. The molecule has 2 fully saturated rings. The van der Waals surface area contributed by atoms with Crippen LogP contribution in [0.3, 0.4) is 0 Å². The van der Waals surface area contributed by atoms with Gasteiger partial charge in [0.05, 0.1) is 11.5 Å². The lowest BCUT2D eigenvalue weighted by atomic mass is 9.63. The minimum atomic E-state index is 0.0381. The smallest absolute Gasteiger partial charge is 0.0689 e. The summed E-state index contributed by atoms with van der Waals surface area (Å²) in [5.74, 6) is 2.95. The Morgan fingerprint density at radius 2 is 1.17 bits per heavy atom. The van der Waals surface area contributed by atoms with Gasteiger partial charge >= 0.3 is 0 Å². The van der Waals surface area contributed by atoms with Crippen molar-refractivity contribution in [2.45, 2.75) is 149 Å². The van der Waals surface area contributed by atoms with E-state index < -0.39 is 0 Å². The van der Waals surface area contributed by atoms with Gasteiger partial charge in [0.25, 0.3) is 0 Å². The van der Waals surface area contributed by atoms with Crippen LogP contribution in [0.1, 0.15) is 149 Å². The molecule has 0 aromatic heterocycles. The molecule has 0 radical (unpaired) electrons. The molecule has 1 nitrogen and oxygen atoms in total. The van der Waals surface area contributed by atoms with E-state index in [0.29, 0.717) is 0 Å². The van der Waals surface area contributed by atoms with E-state index in [-0.39, 0.29) is 5.41 Å². The van der Waals surface area contributed by atoms with Gasteiger partial charge in [0.2, 0.25) is 0 Å². The molecule has 0 aromatic carbocycles. The van der Waals surface area contributed by atoms with E-state index in [9.17, 15) is 5.26 Å². The van der Waals surface area contributed by atoms with Crippen LogP contribution in [0.5, 0.6) is 0 Å². The minimum Gasteiger partial charge on any atom is -0.198 e. The maximum absolute atomic E-state index is 9.92. The molecule has 0 atom stereocenters. The highest BCUT2D eigenvalue weighted by atomic mass is 14.4. The SMILES string of the molecule is CCCCCCCCCC1(C#N)CCC(C2CCC(CCCCCC)CC2)CC1. The van der Waals surface area contributed by atoms with Gasteiger partial charge < -0.3 is 0 Å². The number of unbranched alkanes of at least 4 members (excludes halogenated alkanes) is 9. The predicted octanol–water partition coefficient (Wildman–Crippen LogP) is 9.60. The van der Waals surface area contributed by atoms with Crippen LogP contribution >= 0.6 is 0 Å². The molecule has 0 aromatic rings. The Bertz CT molecular complexity index is 432. The van der Waals surface area contributed by atoms with E-state index >= 15 is 0 Å². The Morgan fingerprint density at radius 1 is 0.655 bits per heavy atom. The summed E-state index contributed by atoms with van der Waals surface area (Å²) in [6.45, 7) is 4.60. The molecule has 2 aliphatic rings. The highest BCUT2D eigenvalue weighted by molar-refractivity contribution is 5.02. The monoisotopic (exact) mass is 401 g/mol. The first-order valence-corrected chi connectivity index (χ1v) is 13.6. The van der Waals surface area contributed by atoms with Crippen molar-refractivity contribution >= 4 is 0 Å². The zero-order valence-corrected chi connectivity index (χ0v) is 20.0. The molecular formula is C28H51N. The highest BCUT2D eigenvalue weighted by Gasteiger charge is 2.38. The van der Waals surface area contributed by atoms with Crippen molar-refractivity contribution in [1.29, 1.82) is 5.26 Å². The van der Waals surface area contributed by atoms with Crippen molar-refractivity contribution in [3.8, 4) is 6.07 Å². The standard InChI is InChI=1S/C28H51N/c1-3-5-7-9-10-11-13-21-28(24-29)22-19-27(20-23-28)26-17-15-25(16-18-26)14-12-8-6-4-2/h25-27H,3-23H2,1-2H3. The fourth-order valence-corrected chi connectivity index (χ4v) is 6.31. The maximum Gasteiger partial charge on any atom is 0.0689 e. The van der Waals surface area contributed by atoms with Gasteiger partial charge in [-0.1, -0.05) is 104 Å². The molecule has 0 unspecified atom stereocenters. The molecule has 0 spiro atoms. The van der Waals surface area contributed by atoms with E-state index in [0.717, 1.165) is 17.8 Å². The van der Waals surface area contributed by atoms with Crippen molar-refractivity contribution in [2.24, 2.45) is 23.2 Å². The van der Waals surface area contributed by atoms with Crippen molar-refractivity contribution in [1.82, 2.24) is 0 Å². The first kappa shape index (κ1) is 24.8. The summed E-state index contributed by atoms with van der Waals surface area (Å²) in [4.78, 5) is 0. The first-order valence-electron chi connectivity index (χ1n) is 13.6. The minimum absolute atomic E-state index is 0.0381. The highest BCUT2D eigenvalue weighted by Crippen LogP contribution is 2.47. The Labute approximate surface area is 183 Å². The van der Waals surface area contributed by atoms with E-state index in [1.54, 1.807) is 0 Å². The van der Waals surface area contributed by atoms with Crippen LogP contribution in [-0.2, 0) is 0 Å². The van der Waals surface area contributed by atoms with Crippen molar-refractivity contribution in [3.63, 3.8) is 0 Å². The molecule has 1 heteroatoms. The van der Waals surface area contributed by atoms with Crippen molar-refractivity contribution in [2.75, 3.05) is 0 Å². The molecule has 29 heavy (non-hydrogen) atoms. The first-order chi connectivity index (χ1) is 14.2. The zero-order valence-electron chi connectivity index (χ0n) is 20.0. The summed E-state index contributed by atoms with van der Waals surface area (Å²) >= 11 is 0. The molecule has 0 N–H and O–H groups in total. The van der Waals surface area contributed by atoms with Crippen LogP contribution in [0.4, 0.5) is 0 Å². The Balaban J connectivity index is 1.60. The lowest BCUT2D eigenvalue weighted by Crippen LogP contribution is -2.31. The summed E-state index contributed by atoms with van der Waals surface area (Å²) in [6, 6.07) is 2.79. The summed E-state index contributed by atoms with van der Waals surface area (Å²) in [6.07, 6.45) is 29.0. The zero-order chi connectivity index (χ0) is 20.8. The maximum atomic E-state index is 9.92. The second-order valence-electron chi connectivity index (χ2n) is 10.7. The number of nitriles is 1. The van der Waals surface area contributed by atoms with Crippen LogP contribution in [0.2, 0.25) is 0 Å². The quantitative estimate of drug-likeness (QED) is 0.266. The van der Waals surface area contributed by atoms with Crippen molar-refractivity contribution < 1.29 is 0 Å².